The zero-order chi connectivity index (χ0) is 11.4. The highest BCUT2D eigenvalue weighted by Crippen LogP contribution is 2.25. The Hall–Kier alpha value is -0.220. The average molecular weight is 241 g/mol. The highest BCUT2D eigenvalue weighted by Gasteiger charge is 2.27. The third kappa shape index (κ3) is 3.67. The van der Waals surface area contributed by atoms with Crippen LogP contribution in [0.4, 0.5) is 0 Å². The van der Waals surface area contributed by atoms with Gasteiger partial charge in [-0.3, -0.25) is 9.89 Å². The second-order valence-corrected chi connectivity index (χ2v) is 5.86. The lowest BCUT2D eigenvalue weighted by Gasteiger charge is -2.22. The van der Waals surface area contributed by atoms with Gasteiger partial charge in [-0.05, 0) is 25.3 Å². The molecule has 0 amide bonds. The van der Waals surface area contributed by atoms with Gasteiger partial charge in [-0.2, -0.15) is 0 Å². The molecular weight excluding hydrogens is 218 g/mol. The zero-order valence-electron chi connectivity index (χ0n) is 10.4. The second kappa shape index (κ2) is 5.92. The van der Waals surface area contributed by atoms with Gasteiger partial charge in [0.2, 0.25) is 0 Å². The fraction of sp³-hybridized carbons (Fsp3) is 0.917. The SMILES string of the molecule is CCN(CCNC1=NCC(C)CS1)C1CC1. The molecule has 0 radical (unpaired) electrons. The van der Waals surface area contributed by atoms with Crippen LogP contribution in [0.25, 0.3) is 0 Å². The van der Waals surface area contributed by atoms with Crippen LogP contribution in [-0.2, 0) is 0 Å². The number of amidine groups is 1. The monoisotopic (exact) mass is 241 g/mol. The first-order valence-electron chi connectivity index (χ1n) is 6.44. The van der Waals surface area contributed by atoms with Crippen molar-refractivity contribution in [2.75, 3.05) is 31.9 Å². The van der Waals surface area contributed by atoms with E-state index in [1.54, 1.807) is 0 Å². The maximum atomic E-state index is 4.54. The quantitative estimate of drug-likeness (QED) is 0.795. The molecule has 0 aromatic heterocycles. The van der Waals surface area contributed by atoms with Crippen LogP contribution in [0.1, 0.15) is 26.7 Å². The van der Waals surface area contributed by atoms with Gasteiger partial charge in [0.1, 0.15) is 0 Å². The first kappa shape index (κ1) is 12.2. The topological polar surface area (TPSA) is 27.6 Å². The minimum absolute atomic E-state index is 0.745. The van der Waals surface area contributed by atoms with Crippen molar-refractivity contribution in [2.45, 2.75) is 32.7 Å². The van der Waals surface area contributed by atoms with Crippen LogP contribution < -0.4 is 5.32 Å². The summed E-state index contributed by atoms with van der Waals surface area (Å²) in [5.41, 5.74) is 0. The van der Waals surface area contributed by atoms with Crippen molar-refractivity contribution in [1.82, 2.24) is 10.2 Å². The van der Waals surface area contributed by atoms with Crippen molar-refractivity contribution < 1.29 is 0 Å². The fourth-order valence-electron chi connectivity index (χ4n) is 2.01. The van der Waals surface area contributed by atoms with Crippen molar-refractivity contribution in [2.24, 2.45) is 10.9 Å². The smallest absolute Gasteiger partial charge is 0.156 e. The minimum atomic E-state index is 0.745. The van der Waals surface area contributed by atoms with E-state index in [-0.39, 0.29) is 0 Å². The lowest BCUT2D eigenvalue weighted by Crippen LogP contribution is -2.36. The molecule has 1 aliphatic heterocycles. The van der Waals surface area contributed by atoms with E-state index >= 15 is 0 Å². The number of hydrogen-bond acceptors (Lipinski definition) is 4. The summed E-state index contributed by atoms with van der Waals surface area (Å²) in [6.45, 7) is 8.91. The number of likely N-dealkylation sites (N-methyl/N-ethyl adjacent to an activating group) is 1. The van der Waals surface area contributed by atoms with E-state index in [0.29, 0.717) is 0 Å². The Morgan fingerprint density at radius 2 is 2.31 bits per heavy atom. The van der Waals surface area contributed by atoms with E-state index in [4.69, 9.17) is 0 Å². The number of thioether (sulfide) groups is 1. The van der Waals surface area contributed by atoms with Gasteiger partial charge in [0.25, 0.3) is 0 Å². The van der Waals surface area contributed by atoms with Gasteiger partial charge in [0, 0.05) is 31.4 Å². The summed E-state index contributed by atoms with van der Waals surface area (Å²) >= 11 is 1.87. The van der Waals surface area contributed by atoms with Gasteiger partial charge in [-0.15, -0.1) is 0 Å². The van der Waals surface area contributed by atoms with E-state index < -0.39 is 0 Å². The molecule has 0 spiro atoms. The Labute approximate surface area is 103 Å². The van der Waals surface area contributed by atoms with Crippen LogP contribution in [-0.4, -0.2) is 48.0 Å². The number of nitrogens with zero attached hydrogens (tertiary/aromatic N) is 2. The summed E-state index contributed by atoms with van der Waals surface area (Å²) < 4.78 is 0. The summed E-state index contributed by atoms with van der Waals surface area (Å²) in [5.74, 6) is 1.96. The van der Waals surface area contributed by atoms with Crippen molar-refractivity contribution in [3.8, 4) is 0 Å². The van der Waals surface area contributed by atoms with Crippen LogP contribution >= 0.6 is 11.8 Å². The molecule has 0 aromatic carbocycles. The minimum Gasteiger partial charge on any atom is -0.364 e. The lowest BCUT2D eigenvalue weighted by atomic mass is 10.2. The van der Waals surface area contributed by atoms with Crippen molar-refractivity contribution >= 4 is 16.9 Å². The molecular formula is C12H23N3S. The Morgan fingerprint density at radius 3 is 2.88 bits per heavy atom. The molecule has 1 N–H and O–H groups in total. The standard InChI is InChI=1S/C12H23N3S/c1-3-15(11-4-5-11)7-6-13-12-14-8-10(2)9-16-12/h10-11H,3-9H2,1-2H3,(H,13,14). The Morgan fingerprint density at radius 1 is 1.50 bits per heavy atom. The molecule has 1 unspecified atom stereocenters. The van der Waals surface area contributed by atoms with Gasteiger partial charge >= 0.3 is 0 Å². The molecule has 92 valence electrons. The van der Waals surface area contributed by atoms with Crippen LogP contribution in [0.5, 0.6) is 0 Å². The number of hydrogen-bond donors (Lipinski definition) is 1. The number of nitrogens with one attached hydrogen (secondary N) is 1. The molecule has 0 saturated heterocycles. The first-order chi connectivity index (χ1) is 7.79. The Bertz CT molecular complexity index is 251. The summed E-state index contributed by atoms with van der Waals surface area (Å²) in [6, 6.07) is 0.882. The van der Waals surface area contributed by atoms with Crippen LogP contribution in [0, 0.1) is 5.92 Å². The molecule has 0 aromatic rings. The van der Waals surface area contributed by atoms with E-state index in [0.717, 1.165) is 36.8 Å². The summed E-state index contributed by atoms with van der Waals surface area (Å²) in [5, 5.41) is 4.62. The molecule has 1 atom stereocenters. The summed E-state index contributed by atoms with van der Waals surface area (Å²) in [6.07, 6.45) is 2.81. The summed E-state index contributed by atoms with van der Waals surface area (Å²) in [7, 11) is 0. The fourth-order valence-corrected chi connectivity index (χ4v) is 2.93. The van der Waals surface area contributed by atoms with Gasteiger partial charge in [0.05, 0.1) is 0 Å². The molecule has 2 aliphatic rings. The van der Waals surface area contributed by atoms with Gasteiger partial charge < -0.3 is 5.32 Å². The number of rotatable bonds is 5. The zero-order valence-corrected chi connectivity index (χ0v) is 11.2. The molecule has 2 rings (SSSR count). The maximum absolute atomic E-state index is 4.54. The highest BCUT2D eigenvalue weighted by molar-refractivity contribution is 8.13. The summed E-state index contributed by atoms with van der Waals surface area (Å²) in [4.78, 5) is 7.12. The molecule has 3 nitrogen and oxygen atoms in total. The third-order valence-corrected chi connectivity index (χ3v) is 4.48. The lowest BCUT2D eigenvalue weighted by molar-refractivity contribution is 0.282. The maximum Gasteiger partial charge on any atom is 0.156 e. The van der Waals surface area contributed by atoms with E-state index in [1.165, 1.54) is 25.1 Å². The second-order valence-electron chi connectivity index (χ2n) is 4.85. The molecule has 1 fully saturated rings. The van der Waals surface area contributed by atoms with Gasteiger partial charge in [-0.1, -0.05) is 25.6 Å². The van der Waals surface area contributed by atoms with E-state index in [1.807, 2.05) is 11.8 Å². The van der Waals surface area contributed by atoms with E-state index in [2.05, 4.69) is 29.1 Å². The highest BCUT2D eigenvalue weighted by atomic mass is 32.2. The third-order valence-electron chi connectivity index (χ3n) is 3.20. The molecule has 1 heterocycles. The predicted molar refractivity (Wildman–Crippen MR) is 72.2 cm³/mol. The van der Waals surface area contributed by atoms with Crippen LogP contribution in [0.3, 0.4) is 0 Å². The van der Waals surface area contributed by atoms with Crippen molar-refractivity contribution in [1.29, 1.82) is 0 Å². The van der Waals surface area contributed by atoms with Crippen molar-refractivity contribution in [3.05, 3.63) is 0 Å². The van der Waals surface area contributed by atoms with Crippen LogP contribution in [0.2, 0.25) is 0 Å². The van der Waals surface area contributed by atoms with E-state index in [9.17, 15) is 0 Å². The molecule has 1 saturated carbocycles. The Balaban J connectivity index is 1.63. The number of aliphatic imine (C=N–C) groups is 1. The van der Waals surface area contributed by atoms with Gasteiger partial charge in [0.15, 0.2) is 5.17 Å². The van der Waals surface area contributed by atoms with Gasteiger partial charge in [-0.25, -0.2) is 0 Å². The molecule has 0 bridgehead atoms. The average Bonchev–Trinajstić information content (AvgIpc) is 3.11. The Kier molecular flexibility index (Phi) is 4.53. The van der Waals surface area contributed by atoms with Crippen molar-refractivity contribution in [3.63, 3.8) is 0 Å². The normalized spacial score (nSPS) is 25.7. The van der Waals surface area contributed by atoms with Crippen LogP contribution in [0.15, 0.2) is 4.99 Å². The first-order valence-corrected chi connectivity index (χ1v) is 7.43. The molecule has 1 aliphatic carbocycles. The largest absolute Gasteiger partial charge is 0.364 e. The molecule has 4 heteroatoms. The predicted octanol–water partition coefficient (Wildman–Crippen LogP) is 1.80. The molecule has 16 heavy (non-hydrogen) atoms.